The van der Waals surface area contributed by atoms with Crippen LogP contribution in [0.25, 0.3) is 0 Å². The van der Waals surface area contributed by atoms with Crippen LogP contribution in [-0.2, 0) is 0 Å². The molecule has 0 amide bonds. The average molecular weight is 333 g/mol. The molecule has 0 unspecified atom stereocenters. The standard InChI is InChI=1S/C16H26N4.C4H10/c1-18-10-12-19(13-11-18)14-15-5-8-20(9-6-15)16-4-2-3-7-17-16;1-3-4-2/h2-4,7,15H,5-6,8-14H2,1H3;3-4H2,1-2H3. The van der Waals surface area contributed by atoms with Crippen LogP contribution < -0.4 is 4.90 Å². The summed E-state index contributed by atoms with van der Waals surface area (Å²) >= 11 is 0. The number of anilines is 1. The maximum Gasteiger partial charge on any atom is 0.128 e. The molecule has 24 heavy (non-hydrogen) atoms. The van der Waals surface area contributed by atoms with Crippen molar-refractivity contribution in [2.75, 3.05) is 57.8 Å². The van der Waals surface area contributed by atoms with Crippen LogP contribution in [0, 0.1) is 5.92 Å². The van der Waals surface area contributed by atoms with E-state index >= 15 is 0 Å². The van der Waals surface area contributed by atoms with Gasteiger partial charge in [0.25, 0.3) is 0 Å². The maximum atomic E-state index is 4.46. The quantitative estimate of drug-likeness (QED) is 0.843. The lowest BCUT2D eigenvalue weighted by atomic mass is 9.96. The first-order valence-electron chi connectivity index (χ1n) is 9.79. The van der Waals surface area contributed by atoms with Crippen molar-refractivity contribution in [2.45, 2.75) is 39.5 Å². The second kappa shape index (κ2) is 10.7. The van der Waals surface area contributed by atoms with E-state index in [1.807, 2.05) is 12.3 Å². The Labute approximate surface area is 148 Å². The van der Waals surface area contributed by atoms with Crippen LogP contribution in [0.1, 0.15) is 39.5 Å². The highest BCUT2D eigenvalue weighted by Crippen LogP contribution is 2.22. The Morgan fingerprint density at radius 1 is 0.958 bits per heavy atom. The first-order valence-corrected chi connectivity index (χ1v) is 9.79. The summed E-state index contributed by atoms with van der Waals surface area (Å²) in [7, 11) is 2.22. The number of nitrogens with zero attached hydrogens (tertiary/aromatic N) is 4. The van der Waals surface area contributed by atoms with Crippen LogP contribution in [0.2, 0.25) is 0 Å². The Bertz CT molecular complexity index is 419. The lowest BCUT2D eigenvalue weighted by molar-refractivity contribution is 0.129. The van der Waals surface area contributed by atoms with Gasteiger partial charge in [-0.05, 0) is 37.9 Å². The summed E-state index contributed by atoms with van der Waals surface area (Å²) in [4.78, 5) is 12.0. The molecule has 0 N–H and O–H groups in total. The molecule has 0 aromatic carbocycles. The van der Waals surface area contributed by atoms with E-state index < -0.39 is 0 Å². The average Bonchev–Trinajstić information content (AvgIpc) is 2.65. The summed E-state index contributed by atoms with van der Waals surface area (Å²) < 4.78 is 0. The molecule has 4 nitrogen and oxygen atoms in total. The first kappa shape index (κ1) is 19.2. The summed E-state index contributed by atoms with van der Waals surface area (Å²) in [5.74, 6) is 2.02. The molecule has 0 spiro atoms. The highest BCUT2D eigenvalue weighted by molar-refractivity contribution is 5.37. The third kappa shape index (κ3) is 6.40. The van der Waals surface area contributed by atoms with Crippen LogP contribution in [0.4, 0.5) is 5.82 Å². The summed E-state index contributed by atoms with van der Waals surface area (Å²) in [5.41, 5.74) is 0. The van der Waals surface area contributed by atoms with Gasteiger partial charge in [0, 0.05) is 52.0 Å². The van der Waals surface area contributed by atoms with Gasteiger partial charge in [-0.3, -0.25) is 0 Å². The van der Waals surface area contributed by atoms with Crippen LogP contribution >= 0.6 is 0 Å². The number of aromatic nitrogens is 1. The minimum Gasteiger partial charge on any atom is -0.357 e. The number of likely N-dealkylation sites (N-methyl/N-ethyl adjacent to an activating group) is 1. The summed E-state index contributed by atoms with van der Waals surface area (Å²) in [6.07, 6.45) is 7.15. The number of piperazine rings is 1. The van der Waals surface area contributed by atoms with Gasteiger partial charge in [0.15, 0.2) is 0 Å². The van der Waals surface area contributed by atoms with Crippen molar-refractivity contribution >= 4 is 5.82 Å². The number of rotatable bonds is 4. The topological polar surface area (TPSA) is 22.6 Å². The molecule has 3 rings (SSSR count). The molecule has 0 aliphatic carbocycles. The van der Waals surface area contributed by atoms with Crippen molar-refractivity contribution in [1.29, 1.82) is 0 Å². The number of piperidine rings is 1. The molecule has 0 bridgehead atoms. The molecule has 2 saturated heterocycles. The van der Waals surface area contributed by atoms with E-state index in [-0.39, 0.29) is 0 Å². The number of pyridine rings is 1. The van der Waals surface area contributed by atoms with E-state index in [2.05, 4.69) is 52.7 Å². The van der Waals surface area contributed by atoms with Crippen LogP contribution in [-0.4, -0.2) is 67.6 Å². The lowest BCUT2D eigenvalue weighted by Crippen LogP contribution is -2.47. The minimum absolute atomic E-state index is 0.873. The third-order valence-corrected chi connectivity index (χ3v) is 5.20. The number of unbranched alkanes of at least 4 members (excludes halogenated alkanes) is 1. The van der Waals surface area contributed by atoms with Crippen molar-refractivity contribution in [2.24, 2.45) is 5.92 Å². The first-order chi connectivity index (χ1) is 11.7. The largest absolute Gasteiger partial charge is 0.357 e. The molecule has 1 aromatic heterocycles. The third-order valence-electron chi connectivity index (χ3n) is 5.20. The summed E-state index contributed by atoms with van der Waals surface area (Å²) in [6.45, 7) is 12.9. The van der Waals surface area contributed by atoms with E-state index in [1.54, 1.807) is 0 Å². The predicted octanol–water partition coefficient (Wildman–Crippen LogP) is 3.35. The zero-order valence-corrected chi connectivity index (χ0v) is 16.0. The lowest BCUT2D eigenvalue weighted by Gasteiger charge is -2.38. The number of hydrogen-bond acceptors (Lipinski definition) is 4. The van der Waals surface area contributed by atoms with Gasteiger partial charge in [0.05, 0.1) is 0 Å². The van der Waals surface area contributed by atoms with E-state index in [4.69, 9.17) is 0 Å². The molecule has 4 heteroatoms. The molecule has 0 atom stereocenters. The summed E-state index contributed by atoms with van der Waals surface area (Å²) in [6, 6.07) is 6.20. The van der Waals surface area contributed by atoms with Gasteiger partial charge >= 0.3 is 0 Å². The van der Waals surface area contributed by atoms with Crippen molar-refractivity contribution in [3.63, 3.8) is 0 Å². The Kier molecular flexibility index (Phi) is 8.54. The monoisotopic (exact) mass is 332 g/mol. The Morgan fingerprint density at radius 3 is 2.17 bits per heavy atom. The minimum atomic E-state index is 0.873. The zero-order chi connectivity index (χ0) is 17.2. The second-order valence-corrected chi connectivity index (χ2v) is 7.22. The molecular weight excluding hydrogens is 296 g/mol. The molecule has 2 fully saturated rings. The zero-order valence-electron chi connectivity index (χ0n) is 16.0. The smallest absolute Gasteiger partial charge is 0.128 e. The molecule has 2 aliphatic rings. The molecular formula is C20H36N4. The van der Waals surface area contributed by atoms with Crippen LogP contribution in [0.15, 0.2) is 24.4 Å². The fourth-order valence-corrected chi connectivity index (χ4v) is 3.28. The summed E-state index contributed by atoms with van der Waals surface area (Å²) in [5, 5.41) is 0. The van der Waals surface area contributed by atoms with Crippen LogP contribution in [0.3, 0.4) is 0 Å². The van der Waals surface area contributed by atoms with Crippen molar-refractivity contribution in [3.8, 4) is 0 Å². The Hall–Kier alpha value is -1.13. The molecule has 0 saturated carbocycles. The van der Waals surface area contributed by atoms with Crippen LogP contribution in [0.5, 0.6) is 0 Å². The second-order valence-electron chi connectivity index (χ2n) is 7.22. The van der Waals surface area contributed by atoms with Crippen molar-refractivity contribution in [3.05, 3.63) is 24.4 Å². The predicted molar refractivity (Wildman–Crippen MR) is 104 cm³/mol. The highest BCUT2D eigenvalue weighted by Gasteiger charge is 2.23. The number of hydrogen-bond donors (Lipinski definition) is 0. The van der Waals surface area contributed by atoms with Gasteiger partial charge in [-0.15, -0.1) is 0 Å². The fraction of sp³-hybridized carbons (Fsp3) is 0.750. The molecule has 0 radical (unpaired) electrons. The Morgan fingerprint density at radius 2 is 1.62 bits per heavy atom. The SMILES string of the molecule is CCCC.CN1CCN(CC2CCN(c3ccccn3)CC2)CC1. The van der Waals surface area contributed by atoms with Crippen molar-refractivity contribution in [1.82, 2.24) is 14.8 Å². The molecule has 136 valence electrons. The highest BCUT2D eigenvalue weighted by atomic mass is 15.2. The van der Waals surface area contributed by atoms with Gasteiger partial charge in [-0.1, -0.05) is 32.8 Å². The maximum absolute atomic E-state index is 4.46. The van der Waals surface area contributed by atoms with E-state index in [1.165, 1.54) is 58.4 Å². The van der Waals surface area contributed by atoms with E-state index in [0.717, 1.165) is 24.8 Å². The molecule has 3 heterocycles. The van der Waals surface area contributed by atoms with Gasteiger partial charge in [-0.2, -0.15) is 0 Å². The van der Waals surface area contributed by atoms with Crippen molar-refractivity contribution < 1.29 is 0 Å². The molecule has 1 aromatic rings. The van der Waals surface area contributed by atoms with Gasteiger partial charge < -0.3 is 14.7 Å². The van der Waals surface area contributed by atoms with Gasteiger partial charge in [0.1, 0.15) is 5.82 Å². The fourth-order valence-electron chi connectivity index (χ4n) is 3.28. The van der Waals surface area contributed by atoms with Gasteiger partial charge in [0.2, 0.25) is 0 Å². The van der Waals surface area contributed by atoms with Gasteiger partial charge in [-0.25, -0.2) is 4.98 Å². The molecule has 2 aliphatic heterocycles. The van der Waals surface area contributed by atoms with E-state index in [0.29, 0.717) is 0 Å². The Balaban J connectivity index is 0.000000471. The van der Waals surface area contributed by atoms with E-state index in [9.17, 15) is 0 Å². The normalized spacial score (nSPS) is 20.5.